The van der Waals surface area contributed by atoms with Crippen LogP contribution in [0.5, 0.6) is 0 Å². The van der Waals surface area contributed by atoms with Gasteiger partial charge < -0.3 is 14.4 Å². The first-order valence-corrected chi connectivity index (χ1v) is 10.1. The number of hydrogen-bond donors (Lipinski definition) is 0. The van der Waals surface area contributed by atoms with Gasteiger partial charge in [-0.1, -0.05) is 19.1 Å². The number of nitrogens with zero attached hydrogens (tertiary/aromatic N) is 4. The van der Waals surface area contributed by atoms with Crippen LogP contribution in [0.15, 0.2) is 24.3 Å². The van der Waals surface area contributed by atoms with E-state index in [0.717, 1.165) is 61.8 Å². The zero-order valence-electron chi connectivity index (χ0n) is 14.6. The van der Waals surface area contributed by atoms with Crippen LogP contribution in [0.2, 0.25) is 0 Å². The zero-order valence-corrected chi connectivity index (χ0v) is 15.4. The van der Waals surface area contributed by atoms with Gasteiger partial charge in [-0.3, -0.25) is 4.79 Å². The normalized spacial score (nSPS) is 16.5. The highest BCUT2D eigenvalue weighted by Crippen LogP contribution is 2.19. The number of thioether (sulfide) groups is 1. The van der Waals surface area contributed by atoms with Crippen LogP contribution in [0, 0.1) is 0 Å². The molecule has 1 amide bonds. The molecule has 24 heavy (non-hydrogen) atoms. The molecule has 0 radical (unpaired) electrons. The summed E-state index contributed by atoms with van der Waals surface area (Å²) in [6.45, 7) is 7.39. The molecule has 0 bridgehead atoms. The Kier molecular flexibility index (Phi) is 5.79. The van der Waals surface area contributed by atoms with Crippen LogP contribution in [0.3, 0.4) is 0 Å². The lowest BCUT2D eigenvalue weighted by Crippen LogP contribution is -2.37. The lowest BCUT2D eigenvalue weighted by molar-refractivity contribution is -0.131. The van der Waals surface area contributed by atoms with Crippen molar-refractivity contribution in [3.05, 3.63) is 30.1 Å². The third kappa shape index (κ3) is 3.75. The summed E-state index contributed by atoms with van der Waals surface area (Å²) in [5.41, 5.74) is 2.03. The molecule has 2 heterocycles. The molecule has 0 saturated carbocycles. The summed E-state index contributed by atoms with van der Waals surface area (Å²) in [5.74, 6) is 2.02. The predicted molar refractivity (Wildman–Crippen MR) is 100 cm³/mol. The van der Waals surface area contributed by atoms with E-state index in [0.29, 0.717) is 6.54 Å². The molecule has 3 rings (SSSR count). The first-order chi connectivity index (χ1) is 11.7. The molecule has 1 aliphatic heterocycles. The van der Waals surface area contributed by atoms with E-state index in [2.05, 4.69) is 28.7 Å². The Bertz CT molecular complexity index is 699. The maximum atomic E-state index is 12.9. The van der Waals surface area contributed by atoms with Crippen LogP contribution in [0.4, 0.5) is 0 Å². The summed E-state index contributed by atoms with van der Waals surface area (Å²) >= 11 is 1.74. The van der Waals surface area contributed by atoms with Crippen LogP contribution in [0.1, 0.15) is 19.2 Å². The van der Waals surface area contributed by atoms with E-state index in [4.69, 9.17) is 4.98 Å². The molecule has 0 spiro atoms. The Morgan fingerprint density at radius 2 is 2.04 bits per heavy atom. The summed E-state index contributed by atoms with van der Waals surface area (Å²) in [6.07, 6.45) is 3.13. The van der Waals surface area contributed by atoms with Gasteiger partial charge in [0.25, 0.3) is 0 Å². The van der Waals surface area contributed by atoms with Gasteiger partial charge in [0.2, 0.25) is 5.91 Å². The average Bonchev–Trinajstić information content (AvgIpc) is 2.78. The van der Waals surface area contributed by atoms with E-state index >= 15 is 0 Å². The van der Waals surface area contributed by atoms with Crippen LogP contribution in [-0.2, 0) is 17.1 Å². The summed E-state index contributed by atoms with van der Waals surface area (Å²) in [4.78, 5) is 22.0. The number of benzene rings is 1. The van der Waals surface area contributed by atoms with Gasteiger partial charge in [-0.2, -0.15) is 11.8 Å². The first-order valence-electron chi connectivity index (χ1n) is 8.66. The van der Waals surface area contributed by atoms with E-state index in [1.54, 1.807) is 11.8 Å². The minimum absolute atomic E-state index is 0.207. The molecule has 6 heteroatoms. The Hall–Kier alpha value is -1.53. The smallest absolute Gasteiger partial charge is 0.242 e. The standard InChI is InChI=1S/C18H26N4OS/c1-3-20-9-6-10-21(12-11-20)18(23)13-22-16-8-5-4-7-15(16)19-17(22)14-24-2/h4-5,7-8H,3,6,9-14H2,1-2H3. The van der Waals surface area contributed by atoms with E-state index in [1.807, 2.05) is 23.1 Å². The first kappa shape index (κ1) is 17.3. The van der Waals surface area contributed by atoms with Crippen molar-refractivity contribution in [2.45, 2.75) is 25.6 Å². The van der Waals surface area contributed by atoms with Gasteiger partial charge >= 0.3 is 0 Å². The minimum Gasteiger partial charge on any atom is -0.340 e. The van der Waals surface area contributed by atoms with Crippen LogP contribution < -0.4 is 0 Å². The number of para-hydroxylation sites is 2. The van der Waals surface area contributed by atoms with Crippen molar-refractivity contribution >= 4 is 28.7 Å². The van der Waals surface area contributed by atoms with E-state index < -0.39 is 0 Å². The second kappa shape index (κ2) is 8.03. The quantitative estimate of drug-likeness (QED) is 0.834. The topological polar surface area (TPSA) is 41.4 Å². The number of fused-ring (bicyclic) bond motifs is 1. The van der Waals surface area contributed by atoms with Crippen LogP contribution in [-0.4, -0.2) is 64.2 Å². The van der Waals surface area contributed by atoms with Gasteiger partial charge in [0.05, 0.1) is 16.8 Å². The molecule has 130 valence electrons. The number of carbonyl (C=O) groups excluding carboxylic acids is 1. The second-order valence-electron chi connectivity index (χ2n) is 6.20. The van der Waals surface area contributed by atoms with Crippen molar-refractivity contribution < 1.29 is 4.79 Å². The van der Waals surface area contributed by atoms with Crippen molar-refractivity contribution in [3.63, 3.8) is 0 Å². The van der Waals surface area contributed by atoms with Crippen molar-refractivity contribution in [2.75, 3.05) is 39.0 Å². The van der Waals surface area contributed by atoms with Gasteiger partial charge in [0, 0.05) is 19.6 Å². The predicted octanol–water partition coefficient (Wildman–Crippen LogP) is 2.45. The molecule has 2 aromatic rings. The minimum atomic E-state index is 0.207. The molecule has 1 aromatic carbocycles. The van der Waals surface area contributed by atoms with Crippen molar-refractivity contribution in [2.24, 2.45) is 0 Å². The maximum Gasteiger partial charge on any atom is 0.242 e. The fourth-order valence-electron chi connectivity index (χ4n) is 3.31. The highest BCUT2D eigenvalue weighted by Gasteiger charge is 2.20. The second-order valence-corrected chi connectivity index (χ2v) is 7.07. The molecule has 1 saturated heterocycles. The molecule has 1 aliphatic rings. The van der Waals surface area contributed by atoms with E-state index in [1.165, 1.54) is 0 Å². The number of aromatic nitrogens is 2. The van der Waals surface area contributed by atoms with Crippen molar-refractivity contribution in [1.29, 1.82) is 0 Å². The third-order valence-corrected chi connectivity index (χ3v) is 5.24. The molecule has 1 aromatic heterocycles. The molecule has 0 N–H and O–H groups in total. The highest BCUT2D eigenvalue weighted by atomic mass is 32.2. The SMILES string of the molecule is CCN1CCCN(C(=O)Cn2c(CSC)nc3ccccc32)CC1. The summed E-state index contributed by atoms with van der Waals surface area (Å²) in [6, 6.07) is 8.09. The molecule has 0 aliphatic carbocycles. The number of likely N-dealkylation sites (N-methyl/N-ethyl adjacent to an activating group) is 1. The van der Waals surface area contributed by atoms with Gasteiger partial charge in [0.1, 0.15) is 12.4 Å². The van der Waals surface area contributed by atoms with Crippen molar-refractivity contribution in [3.8, 4) is 0 Å². The Morgan fingerprint density at radius 1 is 1.21 bits per heavy atom. The molecule has 0 unspecified atom stereocenters. The monoisotopic (exact) mass is 346 g/mol. The maximum absolute atomic E-state index is 12.9. The number of rotatable bonds is 5. The third-order valence-electron chi connectivity index (χ3n) is 4.69. The Labute approximate surface area is 148 Å². The van der Waals surface area contributed by atoms with Gasteiger partial charge in [0.15, 0.2) is 0 Å². The van der Waals surface area contributed by atoms with Gasteiger partial charge in [-0.15, -0.1) is 0 Å². The largest absolute Gasteiger partial charge is 0.340 e. The molecule has 1 fully saturated rings. The number of hydrogen-bond acceptors (Lipinski definition) is 4. The van der Waals surface area contributed by atoms with Gasteiger partial charge in [-0.25, -0.2) is 4.98 Å². The fraction of sp³-hybridized carbons (Fsp3) is 0.556. The van der Waals surface area contributed by atoms with Crippen molar-refractivity contribution in [1.82, 2.24) is 19.4 Å². The Morgan fingerprint density at radius 3 is 2.83 bits per heavy atom. The Balaban J connectivity index is 1.78. The lowest BCUT2D eigenvalue weighted by Gasteiger charge is -2.22. The highest BCUT2D eigenvalue weighted by molar-refractivity contribution is 7.97. The summed E-state index contributed by atoms with van der Waals surface area (Å²) < 4.78 is 2.09. The molecular weight excluding hydrogens is 320 g/mol. The van der Waals surface area contributed by atoms with Gasteiger partial charge in [-0.05, 0) is 37.9 Å². The number of carbonyl (C=O) groups is 1. The van der Waals surface area contributed by atoms with Crippen LogP contribution in [0.25, 0.3) is 11.0 Å². The van der Waals surface area contributed by atoms with E-state index in [-0.39, 0.29) is 5.91 Å². The van der Waals surface area contributed by atoms with E-state index in [9.17, 15) is 4.79 Å². The number of amides is 1. The summed E-state index contributed by atoms with van der Waals surface area (Å²) in [5, 5.41) is 0. The zero-order chi connectivity index (χ0) is 16.9. The molecule has 0 atom stereocenters. The molecular formula is C18H26N4OS. The fourth-order valence-corrected chi connectivity index (χ4v) is 3.79. The lowest BCUT2D eigenvalue weighted by atomic mass is 10.3. The molecule has 5 nitrogen and oxygen atoms in total. The van der Waals surface area contributed by atoms with Crippen LogP contribution >= 0.6 is 11.8 Å². The average molecular weight is 347 g/mol. The summed E-state index contributed by atoms with van der Waals surface area (Å²) in [7, 11) is 0. The number of imidazole rings is 1.